The van der Waals surface area contributed by atoms with Gasteiger partial charge in [-0.25, -0.2) is 9.18 Å². The number of aromatic nitrogens is 2. The molecule has 3 atom stereocenters. The molecule has 1 aliphatic heterocycles. The van der Waals surface area contributed by atoms with Crippen LogP contribution in [0.15, 0.2) is 48.7 Å². The summed E-state index contributed by atoms with van der Waals surface area (Å²) < 4.78 is 54.6. The lowest BCUT2D eigenvalue weighted by molar-refractivity contribution is -0.187. The Labute approximate surface area is 254 Å². The molecule has 2 heterocycles. The van der Waals surface area contributed by atoms with Gasteiger partial charge in [0.25, 0.3) is 5.91 Å². The van der Waals surface area contributed by atoms with Crippen molar-refractivity contribution in [3.63, 3.8) is 0 Å². The van der Waals surface area contributed by atoms with Crippen LogP contribution in [-0.4, -0.2) is 86.6 Å². The van der Waals surface area contributed by atoms with E-state index in [2.05, 4.69) is 15.5 Å². The first-order chi connectivity index (χ1) is 21.1. The van der Waals surface area contributed by atoms with Gasteiger partial charge in [0.05, 0.1) is 18.2 Å². The minimum absolute atomic E-state index is 0.0120. The van der Waals surface area contributed by atoms with Crippen molar-refractivity contribution < 1.29 is 41.8 Å². The number of hydrogen-bond donors (Lipinski definition) is 3. The van der Waals surface area contributed by atoms with Gasteiger partial charge in [0.1, 0.15) is 23.9 Å². The first kappa shape index (κ1) is 31.6. The van der Waals surface area contributed by atoms with E-state index < -0.39 is 60.6 Å². The fraction of sp³-hybridized carbons (Fsp3) is 0.367. The van der Waals surface area contributed by atoms with Crippen LogP contribution >= 0.6 is 0 Å². The minimum atomic E-state index is -4.82. The number of aliphatic hydroxyl groups excluding tert-OH is 1. The van der Waals surface area contributed by atoms with Crippen LogP contribution in [0.5, 0.6) is 0 Å². The molecule has 1 aromatic heterocycles. The number of carbonyl (C=O) groups excluding carboxylic acids is 4. The molecule has 15 heteroatoms. The molecule has 1 aliphatic carbocycles. The molecule has 3 N–H and O–H groups in total. The third-order valence-corrected chi connectivity index (χ3v) is 8.21. The van der Waals surface area contributed by atoms with E-state index >= 15 is 0 Å². The van der Waals surface area contributed by atoms with Crippen LogP contribution in [0.2, 0.25) is 0 Å². The largest absolute Gasteiger partial charge is 0.408 e. The van der Waals surface area contributed by atoms with Crippen molar-refractivity contribution in [3.8, 4) is 11.1 Å². The fourth-order valence-corrected chi connectivity index (χ4v) is 5.63. The Balaban J connectivity index is 1.40. The Hall–Kier alpha value is -4.79. The van der Waals surface area contributed by atoms with Gasteiger partial charge >= 0.3 is 12.2 Å². The Morgan fingerprint density at radius 3 is 2.47 bits per heavy atom. The van der Waals surface area contributed by atoms with Gasteiger partial charge < -0.3 is 20.2 Å². The summed E-state index contributed by atoms with van der Waals surface area (Å²) in [5.74, 6) is -2.84. The number of halogens is 4. The summed E-state index contributed by atoms with van der Waals surface area (Å²) in [6, 6.07) is 6.07. The maximum Gasteiger partial charge on any atom is 0.408 e. The number of likely N-dealkylation sites (N-methyl/N-ethyl adjacent to an activating group) is 1. The van der Waals surface area contributed by atoms with Crippen LogP contribution in [0.25, 0.3) is 11.1 Å². The summed E-state index contributed by atoms with van der Waals surface area (Å²) in [5.41, 5.74) is 0.700. The highest BCUT2D eigenvalue weighted by Crippen LogP contribution is 2.48. The zero-order chi connectivity index (χ0) is 32.8. The third-order valence-electron chi connectivity index (χ3n) is 8.21. The van der Waals surface area contributed by atoms with Gasteiger partial charge in [-0.15, -0.1) is 0 Å². The number of aromatic amines is 1. The van der Waals surface area contributed by atoms with Crippen molar-refractivity contribution >= 4 is 23.8 Å². The van der Waals surface area contributed by atoms with Gasteiger partial charge in [0, 0.05) is 38.8 Å². The van der Waals surface area contributed by atoms with E-state index in [9.17, 15) is 41.8 Å². The number of benzene rings is 2. The number of nitrogens with one attached hydrogen (secondary N) is 2. The molecular formula is C30H30F4N6O5. The van der Waals surface area contributed by atoms with Crippen molar-refractivity contribution in [1.82, 2.24) is 30.2 Å². The molecule has 2 aliphatic rings. The van der Waals surface area contributed by atoms with Crippen molar-refractivity contribution in [2.75, 3.05) is 20.6 Å². The molecule has 2 aromatic carbocycles. The minimum Gasteiger partial charge on any atom is -0.388 e. The Morgan fingerprint density at radius 1 is 1.13 bits per heavy atom. The van der Waals surface area contributed by atoms with Crippen molar-refractivity contribution in [3.05, 3.63) is 76.9 Å². The lowest BCUT2D eigenvalue weighted by Gasteiger charge is -2.32. The van der Waals surface area contributed by atoms with Gasteiger partial charge in [-0.2, -0.15) is 18.3 Å². The number of nitrogens with zero attached hydrogens (tertiary/aromatic N) is 4. The molecule has 0 bridgehead atoms. The van der Waals surface area contributed by atoms with Crippen LogP contribution in [0.1, 0.15) is 41.8 Å². The van der Waals surface area contributed by atoms with Gasteiger partial charge in [0.15, 0.2) is 0 Å². The lowest BCUT2D eigenvalue weighted by Crippen LogP contribution is -2.51. The molecular weight excluding hydrogens is 600 g/mol. The molecule has 0 radical (unpaired) electrons. The van der Waals surface area contributed by atoms with E-state index in [1.165, 1.54) is 17.0 Å². The normalized spacial score (nSPS) is 19.9. The highest BCUT2D eigenvalue weighted by molar-refractivity contribution is 6.10. The summed E-state index contributed by atoms with van der Waals surface area (Å²) in [6.07, 6.45) is -4.70. The van der Waals surface area contributed by atoms with Gasteiger partial charge in [-0.1, -0.05) is 24.3 Å². The zero-order valence-corrected chi connectivity index (χ0v) is 24.5. The number of alkyl halides is 3. The van der Waals surface area contributed by atoms with Crippen LogP contribution in [0.4, 0.5) is 22.4 Å². The van der Waals surface area contributed by atoms with Crippen LogP contribution < -0.4 is 5.32 Å². The van der Waals surface area contributed by atoms with Crippen LogP contribution in [-0.2, 0) is 32.9 Å². The lowest BCUT2D eigenvalue weighted by atomic mass is 9.90. The maximum atomic E-state index is 13.8. The van der Waals surface area contributed by atoms with E-state index in [4.69, 9.17) is 0 Å². The fourth-order valence-electron chi connectivity index (χ4n) is 5.63. The summed E-state index contributed by atoms with van der Waals surface area (Å²) in [4.78, 5) is 54.8. The molecule has 238 valence electrons. The second kappa shape index (κ2) is 11.6. The molecule has 0 saturated carbocycles. The maximum absolute atomic E-state index is 13.8. The van der Waals surface area contributed by atoms with E-state index in [1.54, 1.807) is 38.5 Å². The molecule has 1 fully saturated rings. The number of aliphatic hydroxyl groups is 1. The quantitative estimate of drug-likeness (QED) is 0.259. The molecule has 1 saturated heterocycles. The molecule has 1 spiro atoms. The van der Waals surface area contributed by atoms with E-state index in [-0.39, 0.29) is 29.9 Å². The Bertz CT molecular complexity index is 1660. The second-order valence-electron chi connectivity index (χ2n) is 11.3. The Morgan fingerprint density at radius 2 is 1.82 bits per heavy atom. The highest BCUT2D eigenvalue weighted by atomic mass is 19.4. The van der Waals surface area contributed by atoms with Crippen LogP contribution in [0.3, 0.4) is 0 Å². The van der Waals surface area contributed by atoms with E-state index in [1.807, 2.05) is 0 Å². The topological polar surface area (TPSA) is 139 Å². The predicted octanol–water partition coefficient (Wildman–Crippen LogP) is 3.01. The number of urea groups is 1. The average molecular weight is 631 g/mol. The molecule has 45 heavy (non-hydrogen) atoms. The number of rotatable bonds is 8. The number of H-pyrrole nitrogens is 1. The standard InChI is InChI=1S/C30H30F4N6O5/c1-16(30(32,33)34)39(14-17-4-7-19(31)8-5-17)26(43)15-40-27(44)29(36-28(40)45)12-24(41)20-10-18(6-9-22(20)29)21-13-35-37-23(21)11-25(42)38(2)3/h4-10,13,16,24,41H,11-12,14-15H2,1-3H3,(H,35,37)(H,36,45)/t16-,24-,29-/m0/s1. The number of amides is 5. The first-order valence-corrected chi connectivity index (χ1v) is 13.9. The van der Waals surface area contributed by atoms with Crippen molar-refractivity contribution in [2.24, 2.45) is 0 Å². The van der Waals surface area contributed by atoms with Gasteiger partial charge in [-0.05, 0) is 47.4 Å². The summed E-state index contributed by atoms with van der Waals surface area (Å²) >= 11 is 0. The van der Waals surface area contributed by atoms with E-state index in [0.717, 1.165) is 19.1 Å². The van der Waals surface area contributed by atoms with Crippen molar-refractivity contribution in [1.29, 1.82) is 0 Å². The monoisotopic (exact) mass is 630 g/mol. The number of imide groups is 1. The molecule has 5 amide bonds. The summed E-state index contributed by atoms with van der Waals surface area (Å²) in [6.45, 7) is -0.761. The molecule has 11 nitrogen and oxygen atoms in total. The predicted molar refractivity (Wildman–Crippen MR) is 150 cm³/mol. The van der Waals surface area contributed by atoms with Gasteiger partial charge in [0.2, 0.25) is 11.8 Å². The molecule has 3 aromatic rings. The Kier molecular flexibility index (Phi) is 8.16. The number of carbonyl (C=O) groups is 4. The number of fused-ring (bicyclic) bond motifs is 2. The van der Waals surface area contributed by atoms with E-state index in [0.29, 0.717) is 32.2 Å². The smallest absolute Gasteiger partial charge is 0.388 e. The zero-order valence-electron chi connectivity index (χ0n) is 24.5. The molecule has 5 rings (SSSR count). The first-order valence-electron chi connectivity index (χ1n) is 13.9. The van der Waals surface area contributed by atoms with Crippen molar-refractivity contribution in [2.45, 2.75) is 50.2 Å². The SMILES string of the molecule is C[C@H](N(Cc1ccc(F)cc1)C(=O)CN1C(=O)N[C@]2(C[C@H](O)c3cc(-c4c[nH]nc4CC(=O)N(C)C)ccc32)C1=O)C(F)(F)F. The summed E-state index contributed by atoms with van der Waals surface area (Å²) in [7, 11) is 3.23. The summed E-state index contributed by atoms with van der Waals surface area (Å²) in [5, 5.41) is 20.4. The molecule has 0 unspecified atom stereocenters. The van der Waals surface area contributed by atoms with Crippen LogP contribution in [0, 0.1) is 5.82 Å². The average Bonchev–Trinajstić information content (AvgIpc) is 3.62. The number of hydrogen-bond acceptors (Lipinski definition) is 6. The highest BCUT2D eigenvalue weighted by Gasteiger charge is 2.58. The van der Waals surface area contributed by atoms with Gasteiger partial charge in [-0.3, -0.25) is 24.4 Å². The second-order valence-corrected chi connectivity index (χ2v) is 11.3. The third kappa shape index (κ3) is 5.87.